The lowest BCUT2D eigenvalue weighted by atomic mass is 10.1. The van der Waals surface area contributed by atoms with Gasteiger partial charge in [-0.25, -0.2) is 4.98 Å². The highest BCUT2D eigenvalue weighted by Crippen LogP contribution is 2.39. The van der Waals surface area contributed by atoms with E-state index in [0.717, 1.165) is 36.5 Å². The van der Waals surface area contributed by atoms with Crippen LogP contribution in [0.3, 0.4) is 0 Å². The third-order valence-electron chi connectivity index (χ3n) is 3.73. The normalized spacial score (nSPS) is 13.6. The molecule has 0 saturated carbocycles. The van der Waals surface area contributed by atoms with E-state index in [-0.39, 0.29) is 0 Å². The average molecular weight is 320 g/mol. The van der Waals surface area contributed by atoms with Crippen molar-refractivity contribution >= 4 is 11.3 Å². The highest BCUT2D eigenvalue weighted by atomic mass is 32.1. The minimum Gasteiger partial charge on any atom is -0.493 e. The zero-order valence-corrected chi connectivity index (χ0v) is 13.9. The summed E-state index contributed by atoms with van der Waals surface area (Å²) in [7, 11) is 4.88. The van der Waals surface area contributed by atoms with Gasteiger partial charge in [-0.1, -0.05) is 0 Å². The fraction of sp³-hybridized carbons (Fsp3) is 0.438. The van der Waals surface area contributed by atoms with Crippen LogP contribution in [-0.4, -0.2) is 32.9 Å². The Kier molecular flexibility index (Phi) is 4.49. The lowest BCUT2D eigenvalue weighted by Gasteiger charge is -2.13. The number of benzene rings is 1. The van der Waals surface area contributed by atoms with E-state index in [4.69, 9.17) is 19.2 Å². The van der Waals surface area contributed by atoms with Crippen molar-refractivity contribution in [1.82, 2.24) is 10.3 Å². The number of methoxy groups -OCH3 is 3. The topological polar surface area (TPSA) is 52.6 Å². The van der Waals surface area contributed by atoms with Crippen LogP contribution in [0, 0.1) is 0 Å². The molecule has 118 valence electrons. The largest absolute Gasteiger partial charge is 0.493 e. The summed E-state index contributed by atoms with van der Waals surface area (Å²) in [5.41, 5.74) is 2.35. The maximum atomic E-state index is 5.41. The summed E-state index contributed by atoms with van der Waals surface area (Å²) in [5, 5.41) is 4.51. The second kappa shape index (κ2) is 6.54. The van der Waals surface area contributed by atoms with Crippen molar-refractivity contribution in [3.63, 3.8) is 0 Å². The Balaban J connectivity index is 1.90. The molecule has 22 heavy (non-hydrogen) atoms. The van der Waals surface area contributed by atoms with E-state index in [1.54, 1.807) is 32.7 Å². The van der Waals surface area contributed by atoms with E-state index in [2.05, 4.69) is 5.32 Å². The molecule has 3 rings (SSSR count). The molecule has 0 fully saturated rings. The first kappa shape index (κ1) is 15.1. The molecular weight excluding hydrogens is 300 g/mol. The second-order valence-corrected chi connectivity index (χ2v) is 6.28. The molecule has 0 amide bonds. The van der Waals surface area contributed by atoms with Gasteiger partial charge in [-0.15, -0.1) is 11.3 Å². The molecule has 1 aliphatic heterocycles. The van der Waals surface area contributed by atoms with E-state index < -0.39 is 0 Å². The van der Waals surface area contributed by atoms with Gasteiger partial charge in [0.1, 0.15) is 0 Å². The smallest absolute Gasteiger partial charge is 0.203 e. The van der Waals surface area contributed by atoms with Crippen molar-refractivity contribution in [2.45, 2.75) is 19.4 Å². The predicted molar refractivity (Wildman–Crippen MR) is 86.4 cm³/mol. The Morgan fingerprint density at radius 3 is 2.45 bits per heavy atom. The minimum absolute atomic E-state index is 0.622. The van der Waals surface area contributed by atoms with E-state index in [9.17, 15) is 0 Å². The van der Waals surface area contributed by atoms with Crippen LogP contribution >= 0.6 is 11.3 Å². The van der Waals surface area contributed by atoms with Crippen LogP contribution in [0.15, 0.2) is 12.1 Å². The van der Waals surface area contributed by atoms with Crippen LogP contribution in [0.4, 0.5) is 0 Å². The third kappa shape index (κ3) is 2.89. The Labute approximate surface area is 134 Å². The molecular formula is C16H20N2O3S. The minimum atomic E-state index is 0.622. The standard InChI is InChI=1S/C16H20N2O3S/c1-19-12-6-10(7-13(20-2)16(12)21-3)8-15-18-11-4-5-17-9-14(11)22-15/h6-7,17H,4-5,8-9H2,1-3H3. The molecule has 1 aromatic carbocycles. The fourth-order valence-corrected chi connectivity index (χ4v) is 3.79. The number of nitrogens with zero attached hydrogens (tertiary/aromatic N) is 1. The summed E-state index contributed by atoms with van der Waals surface area (Å²) in [6.07, 6.45) is 1.79. The van der Waals surface area contributed by atoms with Crippen molar-refractivity contribution < 1.29 is 14.2 Å². The van der Waals surface area contributed by atoms with Gasteiger partial charge >= 0.3 is 0 Å². The van der Waals surface area contributed by atoms with Crippen LogP contribution in [-0.2, 0) is 19.4 Å². The van der Waals surface area contributed by atoms with Crippen molar-refractivity contribution in [2.24, 2.45) is 0 Å². The quantitative estimate of drug-likeness (QED) is 0.917. The molecule has 1 aromatic heterocycles. The van der Waals surface area contributed by atoms with Gasteiger partial charge in [-0.2, -0.15) is 0 Å². The fourth-order valence-electron chi connectivity index (χ4n) is 2.67. The summed E-state index contributed by atoms with van der Waals surface area (Å²) < 4.78 is 16.2. The number of ether oxygens (including phenoxy) is 3. The van der Waals surface area contributed by atoms with Crippen LogP contribution in [0.2, 0.25) is 0 Å². The first-order valence-electron chi connectivity index (χ1n) is 7.22. The summed E-state index contributed by atoms with van der Waals surface area (Å²) in [4.78, 5) is 6.12. The Morgan fingerprint density at radius 1 is 1.14 bits per heavy atom. The lowest BCUT2D eigenvalue weighted by molar-refractivity contribution is 0.324. The molecule has 0 aliphatic carbocycles. The van der Waals surface area contributed by atoms with Crippen LogP contribution in [0.1, 0.15) is 21.1 Å². The molecule has 2 heterocycles. The van der Waals surface area contributed by atoms with Gasteiger partial charge in [0.25, 0.3) is 0 Å². The average Bonchev–Trinajstić information content (AvgIpc) is 2.95. The number of fused-ring (bicyclic) bond motifs is 1. The van der Waals surface area contributed by atoms with Gasteiger partial charge in [0, 0.05) is 30.8 Å². The Morgan fingerprint density at radius 2 is 1.86 bits per heavy atom. The third-order valence-corrected chi connectivity index (χ3v) is 4.82. The van der Waals surface area contributed by atoms with Crippen molar-refractivity contribution in [1.29, 1.82) is 0 Å². The van der Waals surface area contributed by atoms with E-state index in [1.807, 2.05) is 12.1 Å². The molecule has 6 heteroatoms. The molecule has 2 aromatic rings. The van der Waals surface area contributed by atoms with E-state index in [0.29, 0.717) is 17.2 Å². The zero-order valence-electron chi connectivity index (χ0n) is 13.1. The lowest BCUT2D eigenvalue weighted by Crippen LogP contribution is -2.22. The number of aromatic nitrogens is 1. The van der Waals surface area contributed by atoms with Gasteiger partial charge in [-0.05, 0) is 17.7 Å². The first-order valence-corrected chi connectivity index (χ1v) is 8.04. The van der Waals surface area contributed by atoms with Crippen molar-refractivity contribution in [3.05, 3.63) is 33.3 Å². The van der Waals surface area contributed by atoms with Crippen LogP contribution in [0.25, 0.3) is 0 Å². The van der Waals surface area contributed by atoms with Gasteiger partial charge in [0.15, 0.2) is 11.5 Å². The SMILES string of the molecule is COc1cc(Cc2nc3c(s2)CNCC3)cc(OC)c1OC. The maximum absolute atomic E-state index is 5.41. The number of hydrogen-bond acceptors (Lipinski definition) is 6. The molecule has 0 bridgehead atoms. The number of hydrogen-bond donors (Lipinski definition) is 1. The Bertz CT molecular complexity index is 621. The van der Waals surface area contributed by atoms with Crippen molar-refractivity contribution in [3.8, 4) is 17.2 Å². The summed E-state index contributed by atoms with van der Waals surface area (Å²) in [6.45, 7) is 1.95. The molecule has 0 saturated heterocycles. The molecule has 0 radical (unpaired) electrons. The summed E-state index contributed by atoms with van der Waals surface area (Å²) in [5.74, 6) is 1.98. The summed E-state index contributed by atoms with van der Waals surface area (Å²) >= 11 is 1.78. The van der Waals surface area contributed by atoms with Gasteiger partial charge < -0.3 is 19.5 Å². The predicted octanol–water partition coefficient (Wildman–Crippen LogP) is 2.41. The first-order chi connectivity index (χ1) is 10.7. The van der Waals surface area contributed by atoms with Gasteiger partial charge in [0.05, 0.1) is 32.0 Å². The van der Waals surface area contributed by atoms with Crippen molar-refractivity contribution in [2.75, 3.05) is 27.9 Å². The highest BCUT2D eigenvalue weighted by molar-refractivity contribution is 7.11. The molecule has 0 unspecified atom stereocenters. The van der Waals surface area contributed by atoms with Crippen LogP contribution in [0.5, 0.6) is 17.2 Å². The number of nitrogens with one attached hydrogen (secondary N) is 1. The van der Waals surface area contributed by atoms with Gasteiger partial charge in [-0.3, -0.25) is 0 Å². The molecule has 1 N–H and O–H groups in total. The van der Waals surface area contributed by atoms with E-state index in [1.165, 1.54) is 10.6 Å². The molecule has 0 spiro atoms. The monoisotopic (exact) mass is 320 g/mol. The van der Waals surface area contributed by atoms with Crippen LogP contribution < -0.4 is 19.5 Å². The second-order valence-electron chi connectivity index (χ2n) is 5.11. The van der Waals surface area contributed by atoms with E-state index >= 15 is 0 Å². The molecule has 1 aliphatic rings. The highest BCUT2D eigenvalue weighted by Gasteiger charge is 2.17. The zero-order chi connectivity index (χ0) is 15.5. The molecule has 5 nitrogen and oxygen atoms in total. The maximum Gasteiger partial charge on any atom is 0.203 e. The Hall–Kier alpha value is -1.79. The van der Waals surface area contributed by atoms with Gasteiger partial charge in [0.2, 0.25) is 5.75 Å². The summed E-state index contributed by atoms with van der Waals surface area (Å²) in [6, 6.07) is 3.97. The molecule has 0 atom stereocenters. The number of thiazole rings is 1. The number of rotatable bonds is 5.